The van der Waals surface area contributed by atoms with Crippen LogP contribution in [0.2, 0.25) is 0 Å². The van der Waals surface area contributed by atoms with E-state index in [1.807, 2.05) is 0 Å². The van der Waals surface area contributed by atoms with Gasteiger partial charge in [-0.05, 0) is 12.8 Å². The summed E-state index contributed by atoms with van der Waals surface area (Å²) in [5.41, 5.74) is 0. The van der Waals surface area contributed by atoms with E-state index in [-0.39, 0.29) is 11.9 Å². The molecule has 1 aromatic rings. The predicted octanol–water partition coefficient (Wildman–Crippen LogP) is 6.48. The Bertz CT molecular complexity index is 379. The average molecular weight is 329 g/mol. The maximum Gasteiger partial charge on any atom is 0.299 e. The van der Waals surface area contributed by atoms with E-state index in [0.717, 1.165) is 25.7 Å². The number of rotatable bonds is 14. The molecule has 1 aromatic heterocycles. The SMILES string of the molecule is CCCCCCCC(CCCCCCC)n1cnc(C(F)F)n1. The van der Waals surface area contributed by atoms with Crippen LogP contribution >= 0.6 is 0 Å². The fraction of sp³-hybridized carbons (Fsp3) is 0.889. The summed E-state index contributed by atoms with van der Waals surface area (Å²) < 4.78 is 27.1. The Balaban J connectivity index is 2.45. The third-order valence-corrected chi connectivity index (χ3v) is 4.38. The highest BCUT2D eigenvalue weighted by Gasteiger charge is 2.17. The van der Waals surface area contributed by atoms with Crippen molar-refractivity contribution in [2.45, 2.75) is 103 Å². The Morgan fingerprint density at radius 3 is 1.83 bits per heavy atom. The van der Waals surface area contributed by atoms with Crippen molar-refractivity contribution in [2.24, 2.45) is 0 Å². The Kier molecular flexibility index (Phi) is 10.8. The lowest BCUT2D eigenvalue weighted by Gasteiger charge is -2.17. The van der Waals surface area contributed by atoms with Crippen molar-refractivity contribution in [2.75, 3.05) is 0 Å². The summed E-state index contributed by atoms with van der Waals surface area (Å²) in [6.45, 7) is 4.42. The third-order valence-electron chi connectivity index (χ3n) is 4.38. The fourth-order valence-electron chi connectivity index (χ4n) is 2.94. The first-order valence-electron chi connectivity index (χ1n) is 9.38. The Morgan fingerprint density at radius 1 is 0.870 bits per heavy atom. The molecule has 1 rings (SSSR count). The van der Waals surface area contributed by atoms with E-state index in [1.54, 1.807) is 4.68 Å². The van der Waals surface area contributed by atoms with Crippen molar-refractivity contribution in [3.05, 3.63) is 12.2 Å². The maximum atomic E-state index is 12.7. The largest absolute Gasteiger partial charge is 0.299 e. The molecule has 0 amide bonds. The summed E-state index contributed by atoms with van der Waals surface area (Å²) in [5.74, 6) is -0.341. The minimum absolute atomic E-state index is 0.221. The summed E-state index contributed by atoms with van der Waals surface area (Å²) in [7, 11) is 0. The Morgan fingerprint density at radius 2 is 1.39 bits per heavy atom. The van der Waals surface area contributed by atoms with E-state index in [4.69, 9.17) is 0 Å². The molecule has 3 nitrogen and oxygen atoms in total. The smallest absolute Gasteiger partial charge is 0.249 e. The molecule has 0 aliphatic rings. The summed E-state index contributed by atoms with van der Waals surface area (Å²) in [5, 5.41) is 4.00. The predicted molar refractivity (Wildman–Crippen MR) is 90.8 cm³/mol. The van der Waals surface area contributed by atoms with Crippen molar-refractivity contribution in [1.29, 1.82) is 0 Å². The molecule has 0 unspecified atom stereocenters. The summed E-state index contributed by atoms with van der Waals surface area (Å²) in [4.78, 5) is 3.75. The lowest BCUT2D eigenvalue weighted by molar-refractivity contribution is 0.139. The van der Waals surface area contributed by atoms with Gasteiger partial charge in [0.05, 0.1) is 6.04 Å². The molecule has 23 heavy (non-hydrogen) atoms. The number of halogens is 2. The maximum absolute atomic E-state index is 12.7. The first-order valence-corrected chi connectivity index (χ1v) is 9.38. The molecule has 0 aromatic carbocycles. The van der Waals surface area contributed by atoms with Crippen LogP contribution < -0.4 is 0 Å². The van der Waals surface area contributed by atoms with Crippen LogP contribution in [0.15, 0.2) is 6.33 Å². The number of hydrogen-bond donors (Lipinski definition) is 0. The molecular formula is C18H33F2N3. The molecule has 0 saturated heterocycles. The number of aromatic nitrogens is 3. The van der Waals surface area contributed by atoms with Crippen LogP contribution in [-0.2, 0) is 0 Å². The first kappa shape index (κ1) is 20.0. The number of alkyl halides is 2. The van der Waals surface area contributed by atoms with Crippen molar-refractivity contribution < 1.29 is 8.78 Å². The normalized spacial score (nSPS) is 11.7. The topological polar surface area (TPSA) is 30.7 Å². The highest BCUT2D eigenvalue weighted by molar-refractivity contribution is 4.84. The molecular weight excluding hydrogens is 296 g/mol. The second-order valence-electron chi connectivity index (χ2n) is 6.44. The Labute approximate surface area is 139 Å². The van der Waals surface area contributed by atoms with Crippen LogP contribution in [0, 0.1) is 0 Å². The number of hydrogen-bond acceptors (Lipinski definition) is 2. The minimum atomic E-state index is -2.58. The van der Waals surface area contributed by atoms with E-state index in [1.165, 1.54) is 57.7 Å². The average Bonchev–Trinajstić information content (AvgIpc) is 3.02. The van der Waals surface area contributed by atoms with Gasteiger partial charge in [-0.15, -0.1) is 5.10 Å². The van der Waals surface area contributed by atoms with Gasteiger partial charge >= 0.3 is 0 Å². The van der Waals surface area contributed by atoms with Gasteiger partial charge in [0.1, 0.15) is 6.33 Å². The van der Waals surface area contributed by atoms with E-state index >= 15 is 0 Å². The molecule has 0 saturated carbocycles. The van der Waals surface area contributed by atoms with Crippen LogP contribution in [0.4, 0.5) is 8.78 Å². The second kappa shape index (κ2) is 12.4. The van der Waals surface area contributed by atoms with Gasteiger partial charge in [-0.2, -0.15) is 0 Å². The zero-order valence-corrected chi connectivity index (χ0v) is 14.8. The molecule has 0 aliphatic heterocycles. The van der Waals surface area contributed by atoms with E-state index in [9.17, 15) is 8.78 Å². The third kappa shape index (κ3) is 8.42. The highest BCUT2D eigenvalue weighted by atomic mass is 19.3. The molecule has 0 radical (unpaired) electrons. The molecule has 0 spiro atoms. The number of unbranched alkanes of at least 4 members (excludes halogenated alkanes) is 8. The van der Waals surface area contributed by atoms with E-state index in [2.05, 4.69) is 23.9 Å². The lowest BCUT2D eigenvalue weighted by Crippen LogP contribution is -2.10. The standard InChI is InChI=1S/C18H33F2N3/c1-3-5-7-9-11-13-16(14-12-10-8-6-4-2)23-15-21-18(22-23)17(19)20/h15-17H,3-14H2,1-2H3. The summed E-state index contributed by atoms with van der Waals surface area (Å²) >= 11 is 0. The monoisotopic (exact) mass is 329 g/mol. The van der Waals surface area contributed by atoms with Crippen molar-refractivity contribution in [1.82, 2.24) is 14.8 Å². The van der Waals surface area contributed by atoms with Gasteiger partial charge < -0.3 is 0 Å². The van der Waals surface area contributed by atoms with Gasteiger partial charge in [0.2, 0.25) is 5.82 Å². The van der Waals surface area contributed by atoms with Gasteiger partial charge in [0.25, 0.3) is 6.43 Å². The lowest BCUT2D eigenvalue weighted by atomic mass is 10.0. The molecule has 0 fully saturated rings. The molecule has 0 bridgehead atoms. The molecule has 0 aliphatic carbocycles. The zero-order valence-electron chi connectivity index (χ0n) is 14.8. The molecule has 134 valence electrons. The van der Waals surface area contributed by atoms with Gasteiger partial charge in [0, 0.05) is 0 Å². The van der Waals surface area contributed by atoms with Gasteiger partial charge in [-0.3, -0.25) is 0 Å². The minimum Gasteiger partial charge on any atom is -0.249 e. The van der Waals surface area contributed by atoms with Gasteiger partial charge in [-0.1, -0.05) is 78.1 Å². The first-order chi connectivity index (χ1) is 11.2. The summed E-state index contributed by atoms with van der Waals surface area (Å²) in [6.07, 6.45) is 13.2. The van der Waals surface area contributed by atoms with Crippen LogP contribution in [0.3, 0.4) is 0 Å². The second-order valence-corrected chi connectivity index (χ2v) is 6.44. The van der Waals surface area contributed by atoms with Crippen molar-refractivity contribution in [3.8, 4) is 0 Å². The fourth-order valence-corrected chi connectivity index (χ4v) is 2.94. The highest BCUT2D eigenvalue weighted by Crippen LogP contribution is 2.24. The van der Waals surface area contributed by atoms with Crippen LogP contribution in [0.5, 0.6) is 0 Å². The quantitative estimate of drug-likeness (QED) is 0.366. The van der Waals surface area contributed by atoms with Crippen molar-refractivity contribution in [3.63, 3.8) is 0 Å². The van der Waals surface area contributed by atoms with E-state index in [0.29, 0.717) is 0 Å². The van der Waals surface area contributed by atoms with Crippen molar-refractivity contribution >= 4 is 0 Å². The Hall–Kier alpha value is -1.00. The molecule has 1 heterocycles. The van der Waals surface area contributed by atoms with Gasteiger partial charge in [-0.25, -0.2) is 18.4 Å². The van der Waals surface area contributed by atoms with Crippen LogP contribution in [0.25, 0.3) is 0 Å². The number of nitrogens with zero attached hydrogens (tertiary/aromatic N) is 3. The van der Waals surface area contributed by atoms with Gasteiger partial charge in [0.15, 0.2) is 0 Å². The van der Waals surface area contributed by atoms with E-state index < -0.39 is 6.43 Å². The molecule has 5 heteroatoms. The molecule has 0 N–H and O–H groups in total. The molecule has 0 atom stereocenters. The van der Waals surface area contributed by atoms with Crippen LogP contribution in [-0.4, -0.2) is 14.8 Å². The van der Waals surface area contributed by atoms with Crippen LogP contribution in [0.1, 0.15) is 109 Å². The summed E-state index contributed by atoms with van der Waals surface area (Å²) in [6, 6.07) is 0.221. The zero-order chi connectivity index (χ0) is 16.9.